The summed E-state index contributed by atoms with van der Waals surface area (Å²) in [5.41, 5.74) is 5.60. The summed E-state index contributed by atoms with van der Waals surface area (Å²) in [6.45, 7) is 4.04. The van der Waals surface area contributed by atoms with E-state index in [0.717, 1.165) is 26.1 Å². The molecule has 3 rings (SSSR count). The molecule has 4 N–H and O–H groups in total. The van der Waals surface area contributed by atoms with Gasteiger partial charge < -0.3 is 15.5 Å². The van der Waals surface area contributed by atoms with Crippen LogP contribution in [-0.4, -0.2) is 48.0 Å². The number of nitrogens with one attached hydrogen (secondary N) is 4. The van der Waals surface area contributed by atoms with Crippen molar-refractivity contribution in [2.75, 3.05) is 31.5 Å². The molecule has 0 bridgehead atoms. The van der Waals surface area contributed by atoms with Gasteiger partial charge in [0.05, 0.1) is 16.1 Å². The van der Waals surface area contributed by atoms with Crippen LogP contribution in [0.2, 0.25) is 5.02 Å². The van der Waals surface area contributed by atoms with E-state index < -0.39 is 17.6 Å². The Labute approximate surface area is 203 Å². The number of hydrogen-bond donors (Lipinski definition) is 4. The van der Waals surface area contributed by atoms with E-state index >= 15 is 0 Å². The molecule has 10 heteroatoms. The van der Waals surface area contributed by atoms with E-state index in [2.05, 4.69) is 26.4 Å². The van der Waals surface area contributed by atoms with Crippen LogP contribution in [0.15, 0.2) is 42.5 Å². The number of carbonyl (C=O) groups is 2. The van der Waals surface area contributed by atoms with Gasteiger partial charge in [-0.2, -0.15) is 0 Å². The van der Waals surface area contributed by atoms with Crippen molar-refractivity contribution >= 4 is 46.4 Å². The Morgan fingerprint density at radius 2 is 1.76 bits per heavy atom. The largest absolute Gasteiger partial charge is 0.361 e. The van der Waals surface area contributed by atoms with E-state index in [1.165, 1.54) is 55.7 Å². The summed E-state index contributed by atoms with van der Waals surface area (Å²) in [5, 5.41) is 6.06. The minimum atomic E-state index is -0.626. The van der Waals surface area contributed by atoms with Gasteiger partial charge >= 0.3 is 0 Å². The Balaban J connectivity index is 1.42. The highest BCUT2D eigenvalue weighted by molar-refractivity contribution is 7.80. The maximum absolute atomic E-state index is 13.8. The van der Waals surface area contributed by atoms with Crippen molar-refractivity contribution in [1.29, 1.82) is 0 Å². The van der Waals surface area contributed by atoms with Crippen LogP contribution in [0.4, 0.5) is 10.1 Å². The normalized spacial score (nSPS) is 13.8. The number of nitrogens with zero attached hydrogens (tertiary/aromatic N) is 1. The fourth-order valence-corrected chi connectivity index (χ4v) is 3.95. The highest BCUT2D eigenvalue weighted by Crippen LogP contribution is 2.22. The zero-order valence-electron chi connectivity index (χ0n) is 18.1. The van der Waals surface area contributed by atoms with Crippen LogP contribution in [-0.2, 0) is 0 Å². The van der Waals surface area contributed by atoms with Gasteiger partial charge in [-0.25, -0.2) is 4.39 Å². The lowest BCUT2D eigenvalue weighted by Gasteiger charge is -2.26. The zero-order valence-corrected chi connectivity index (χ0v) is 19.7. The molecule has 2 amide bonds. The lowest BCUT2D eigenvalue weighted by atomic mass is 10.1. The van der Waals surface area contributed by atoms with Crippen LogP contribution in [0.5, 0.6) is 0 Å². The first kappa shape index (κ1) is 24.9. The Hall–Kier alpha value is -2.75. The Morgan fingerprint density at radius 1 is 1.00 bits per heavy atom. The lowest BCUT2D eigenvalue weighted by Crippen LogP contribution is -2.47. The third-order valence-electron chi connectivity index (χ3n) is 5.26. The maximum Gasteiger partial charge on any atom is 0.271 e. The summed E-state index contributed by atoms with van der Waals surface area (Å²) in [6.07, 6.45) is 4.81. The van der Waals surface area contributed by atoms with Crippen molar-refractivity contribution in [3.63, 3.8) is 0 Å². The van der Waals surface area contributed by atoms with E-state index in [1.54, 1.807) is 6.07 Å². The SMILES string of the molecule is O=C(Nc1ccc(C(=O)NNC(=S)NCCCN2CCCCC2)c(Cl)c1)c1ccccc1F. The van der Waals surface area contributed by atoms with Gasteiger partial charge in [0, 0.05) is 12.2 Å². The average molecular weight is 492 g/mol. The molecule has 0 aromatic heterocycles. The Bertz CT molecular complexity index is 1000. The summed E-state index contributed by atoms with van der Waals surface area (Å²) < 4.78 is 13.8. The molecule has 0 atom stereocenters. The van der Waals surface area contributed by atoms with Gasteiger partial charge in [-0.1, -0.05) is 30.2 Å². The predicted molar refractivity (Wildman–Crippen MR) is 132 cm³/mol. The molecule has 2 aromatic carbocycles. The van der Waals surface area contributed by atoms with E-state index in [4.69, 9.17) is 23.8 Å². The molecule has 2 aromatic rings. The number of carbonyl (C=O) groups excluding carboxylic acids is 2. The Kier molecular flexibility index (Phi) is 9.41. The number of benzene rings is 2. The quantitative estimate of drug-likeness (QED) is 0.268. The zero-order chi connectivity index (χ0) is 23.6. The maximum atomic E-state index is 13.8. The van der Waals surface area contributed by atoms with Crippen molar-refractivity contribution < 1.29 is 14.0 Å². The fourth-order valence-electron chi connectivity index (χ4n) is 3.53. The van der Waals surface area contributed by atoms with Gasteiger partial charge in [0.2, 0.25) is 0 Å². The second-order valence-corrected chi connectivity index (χ2v) is 8.53. The van der Waals surface area contributed by atoms with Gasteiger partial charge in [-0.3, -0.25) is 20.4 Å². The predicted octanol–water partition coefficient (Wildman–Crippen LogP) is 3.72. The van der Waals surface area contributed by atoms with E-state index in [9.17, 15) is 14.0 Å². The topological polar surface area (TPSA) is 85.5 Å². The molecule has 7 nitrogen and oxygen atoms in total. The highest BCUT2D eigenvalue weighted by atomic mass is 35.5. The monoisotopic (exact) mass is 491 g/mol. The Morgan fingerprint density at radius 3 is 2.48 bits per heavy atom. The molecule has 0 unspecified atom stereocenters. The molecule has 0 radical (unpaired) electrons. The molecule has 1 fully saturated rings. The molecule has 1 aliphatic rings. The van der Waals surface area contributed by atoms with Gasteiger partial charge in [0.15, 0.2) is 5.11 Å². The second-order valence-electron chi connectivity index (χ2n) is 7.72. The van der Waals surface area contributed by atoms with Crippen molar-refractivity contribution in [3.8, 4) is 0 Å². The van der Waals surface area contributed by atoms with Crippen molar-refractivity contribution in [2.24, 2.45) is 0 Å². The van der Waals surface area contributed by atoms with Gasteiger partial charge in [-0.05, 0) is 81.4 Å². The van der Waals surface area contributed by atoms with Gasteiger partial charge in [0.25, 0.3) is 11.8 Å². The highest BCUT2D eigenvalue weighted by Gasteiger charge is 2.15. The molecule has 0 spiro atoms. The first-order chi connectivity index (χ1) is 15.9. The molecular weight excluding hydrogens is 465 g/mol. The molecule has 0 saturated carbocycles. The number of likely N-dealkylation sites (tertiary alicyclic amines) is 1. The summed E-state index contributed by atoms with van der Waals surface area (Å²) >= 11 is 11.4. The van der Waals surface area contributed by atoms with Gasteiger partial charge in [-0.15, -0.1) is 0 Å². The number of halogens is 2. The van der Waals surface area contributed by atoms with E-state index in [1.807, 2.05) is 0 Å². The van der Waals surface area contributed by atoms with Crippen LogP contribution < -0.4 is 21.5 Å². The minimum Gasteiger partial charge on any atom is -0.361 e. The minimum absolute atomic E-state index is 0.0865. The molecule has 33 heavy (non-hydrogen) atoms. The summed E-state index contributed by atoms with van der Waals surface area (Å²) in [5.74, 6) is -1.72. The first-order valence-corrected chi connectivity index (χ1v) is 11.6. The number of thiocarbonyl (C=S) groups is 1. The third-order valence-corrected chi connectivity index (χ3v) is 5.82. The number of rotatable bonds is 7. The summed E-state index contributed by atoms with van der Waals surface area (Å²) in [4.78, 5) is 27.1. The lowest BCUT2D eigenvalue weighted by molar-refractivity contribution is 0.0943. The van der Waals surface area contributed by atoms with Crippen molar-refractivity contribution in [3.05, 3.63) is 64.4 Å². The third kappa shape index (κ3) is 7.66. The molecule has 1 heterocycles. The number of amides is 2. The smallest absolute Gasteiger partial charge is 0.271 e. The molecule has 176 valence electrons. The van der Waals surface area contributed by atoms with Crippen LogP contribution >= 0.6 is 23.8 Å². The molecule has 0 aliphatic carbocycles. The second kappa shape index (κ2) is 12.5. The van der Waals surface area contributed by atoms with Crippen molar-refractivity contribution in [2.45, 2.75) is 25.7 Å². The molecule has 1 saturated heterocycles. The molecular formula is C23H27ClFN5O2S. The number of hydrogen-bond acceptors (Lipinski definition) is 4. The first-order valence-electron chi connectivity index (χ1n) is 10.9. The van der Waals surface area contributed by atoms with E-state index in [0.29, 0.717) is 17.3 Å². The number of hydrazine groups is 1. The van der Waals surface area contributed by atoms with E-state index in [-0.39, 0.29) is 16.1 Å². The van der Waals surface area contributed by atoms with Crippen LogP contribution in [0.1, 0.15) is 46.4 Å². The van der Waals surface area contributed by atoms with Gasteiger partial charge in [0.1, 0.15) is 5.82 Å². The fraction of sp³-hybridized carbons (Fsp3) is 0.348. The summed E-state index contributed by atoms with van der Waals surface area (Å²) in [7, 11) is 0. The van der Waals surface area contributed by atoms with Crippen LogP contribution in [0, 0.1) is 5.82 Å². The van der Waals surface area contributed by atoms with Crippen LogP contribution in [0.25, 0.3) is 0 Å². The number of piperidine rings is 1. The molecule has 1 aliphatic heterocycles. The summed E-state index contributed by atoms with van der Waals surface area (Å²) in [6, 6.07) is 10.1. The average Bonchev–Trinajstić information content (AvgIpc) is 2.81. The standard InChI is InChI=1S/C23H27ClFN5O2S/c24-19-15-16(27-21(31)18-7-2-3-8-20(18)25)9-10-17(19)22(32)28-29-23(33)26-11-6-14-30-12-4-1-5-13-30/h2-3,7-10,15H,1,4-6,11-14H2,(H,27,31)(H,28,32)(H2,26,29,33). The number of anilines is 1. The van der Waals surface area contributed by atoms with Crippen molar-refractivity contribution in [1.82, 2.24) is 21.1 Å². The van der Waals surface area contributed by atoms with Crippen LogP contribution in [0.3, 0.4) is 0 Å².